The number of hydrogen-bond acceptors (Lipinski definition) is 5. The van der Waals surface area contributed by atoms with Crippen molar-refractivity contribution in [1.82, 2.24) is 9.88 Å². The van der Waals surface area contributed by atoms with Gasteiger partial charge in [-0.15, -0.1) is 0 Å². The summed E-state index contributed by atoms with van der Waals surface area (Å²) >= 11 is 0. The zero-order chi connectivity index (χ0) is 17.0. The van der Waals surface area contributed by atoms with Crippen LogP contribution in [0, 0.1) is 0 Å². The third-order valence-electron chi connectivity index (χ3n) is 3.26. The van der Waals surface area contributed by atoms with Gasteiger partial charge in [0.2, 0.25) is 5.91 Å². The lowest BCUT2D eigenvalue weighted by Crippen LogP contribution is -2.34. The number of benzene rings is 1. The molecule has 2 aromatic rings. The highest BCUT2D eigenvalue weighted by Crippen LogP contribution is 2.17. The van der Waals surface area contributed by atoms with Crippen LogP contribution in [0.4, 0.5) is 0 Å². The number of carbonyl (C=O) groups is 2. The summed E-state index contributed by atoms with van der Waals surface area (Å²) in [4.78, 5) is 28.0. The van der Waals surface area contributed by atoms with Crippen molar-refractivity contribution in [3.8, 4) is 0 Å². The molecular formula is C15H16N2O5S. The van der Waals surface area contributed by atoms with Crippen LogP contribution in [0.5, 0.6) is 0 Å². The molecule has 0 fully saturated rings. The fourth-order valence-corrected chi connectivity index (χ4v) is 3.25. The lowest BCUT2D eigenvalue weighted by molar-refractivity contribution is -0.134. The first-order chi connectivity index (χ1) is 10.8. The maximum atomic E-state index is 12.0. The zero-order valence-corrected chi connectivity index (χ0v) is 13.3. The van der Waals surface area contributed by atoms with Gasteiger partial charge in [-0.1, -0.05) is 18.2 Å². The van der Waals surface area contributed by atoms with Crippen molar-refractivity contribution in [2.24, 2.45) is 0 Å². The number of aliphatic carboxylic acids is 1. The highest BCUT2D eigenvalue weighted by Gasteiger charge is 2.22. The van der Waals surface area contributed by atoms with E-state index in [9.17, 15) is 18.0 Å². The number of carbonyl (C=O) groups excluding carboxylic acids is 1. The molecule has 0 atom stereocenters. The molecule has 0 bridgehead atoms. The Hall–Kier alpha value is -2.48. The lowest BCUT2D eigenvalue weighted by Gasteiger charge is -2.18. The molecule has 1 N–H and O–H groups in total. The number of fused-ring (bicyclic) bond motifs is 1. The summed E-state index contributed by atoms with van der Waals surface area (Å²) in [5.74, 6) is -3.99. The largest absolute Gasteiger partial charge is 0.480 e. The predicted molar refractivity (Wildman–Crippen MR) is 84.5 cm³/mol. The molecule has 0 aliphatic heterocycles. The molecule has 0 unspecified atom stereocenters. The van der Waals surface area contributed by atoms with E-state index in [2.05, 4.69) is 4.98 Å². The monoisotopic (exact) mass is 336 g/mol. The van der Waals surface area contributed by atoms with Gasteiger partial charge in [0.1, 0.15) is 11.5 Å². The molecule has 122 valence electrons. The number of rotatable bonds is 6. The van der Waals surface area contributed by atoms with Gasteiger partial charge < -0.3 is 10.0 Å². The van der Waals surface area contributed by atoms with E-state index in [1.165, 1.54) is 11.9 Å². The van der Waals surface area contributed by atoms with E-state index < -0.39 is 33.2 Å². The van der Waals surface area contributed by atoms with Crippen molar-refractivity contribution in [2.75, 3.05) is 18.6 Å². The Bertz CT molecular complexity index is 843. The number of para-hydroxylation sites is 1. The molecule has 0 saturated heterocycles. The normalized spacial score (nSPS) is 11.3. The van der Waals surface area contributed by atoms with E-state index in [0.717, 1.165) is 16.5 Å². The van der Waals surface area contributed by atoms with Gasteiger partial charge >= 0.3 is 5.97 Å². The molecule has 1 aromatic carbocycles. The Morgan fingerprint density at radius 3 is 2.57 bits per heavy atom. The smallest absolute Gasteiger partial charge is 0.318 e. The number of sulfone groups is 1. The van der Waals surface area contributed by atoms with Crippen LogP contribution in [-0.2, 0) is 26.0 Å². The Morgan fingerprint density at radius 2 is 1.87 bits per heavy atom. The zero-order valence-electron chi connectivity index (χ0n) is 12.5. The van der Waals surface area contributed by atoms with E-state index in [4.69, 9.17) is 5.11 Å². The van der Waals surface area contributed by atoms with Crippen molar-refractivity contribution in [2.45, 2.75) is 6.54 Å². The van der Waals surface area contributed by atoms with Gasteiger partial charge in [0, 0.05) is 25.2 Å². The topological polar surface area (TPSA) is 105 Å². The van der Waals surface area contributed by atoms with Crippen molar-refractivity contribution < 1.29 is 23.1 Å². The summed E-state index contributed by atoms with van der Waals surface area (Å²) < 4.78 is 23.2. The predicted octanol–water partition coefficient (Wildman–Crippen LogP) is 0.693. The van der Waals surface area contributed by atoms with Gasteiger partial charge in [0.05, 0.1) is 5.52 Å². The number of pyridine rings is 1. The van der Waals surface area contributed by atoms with Crippen LogP contribution in [-0.4, -0.2) is 53.8 Å². The minimum atomic E-state index is -3.96. The molecule has 1 heterocycles. The van der Waals surface area contributed by atoms with E-state index in [1.54, 1.807) is 12.3 Å². The number of aromatic nitrogens is 1. The van der Waals surface area contributed by atoms with Gasteiger partial charge in [-0.25, -0.2) is 8.42 Å². The van der Waals surface area contributed by atoms with Crippen LogP contribution in [0.1, 0.15) is 5.56 Å². The molecule has 1 aromatic heterocycles. The third kappa shape index (κ3) is 4.49. The second-order valence-corrected chi connectivity index (χ2v) is 7.23. The van der Waals surface area contributed by atoms with Crippen LogP contribution in [0.2, 0.25) is 0 Å². The summed E-state index contributed by atoms with van der Waals surface area (Å²) in [5, 5.41) is 9.42. The van der Waals surface area contributed by atoms with E-state index >= 15 is 0 Å². The molecule has 23 heavy (non-hydrogen) atoms. The van der Waals surface area contributed by atoms with Crippen molar-refractivity contribution >= 4 is 32.6 Å². The van der Waals surface area contributed by atoms with Gasteiger partial charge in [0.15, 0.2) is 9.84 Å². The molecule has 0 aliphatic rings. The van der Waals surface area contributed by atoms with Crippen LogP contribution < -0.4 is 0 Å². The number of carboxylic acids is 1. The molecular weight excluding hydrogens is 320 g/mol. The van der Waals surface area contributed by atoms with Crippen LogP contribution in [0.25, 0.3) is 10.9 Å². The third-order valence-corrected chi connectivity index (χ3v) is 4.63. The standard InChI is InChI=1S/C15H16N2O5S/c1-17(14(18)9-23(21,22)10-15(19)20)8-11-6-7-16-13-5-3-2-4-12(11)13/h2-7H,8-10H2,1H3,(H,19,20). The number of nitrogens with zero attached hydrogens (tertiary/aromatic N) is 2. The SMILES string of the molecule is CN(Cc1ccnc2ccccc12)C(=O)CS(=O)(=O)CC(=O)O. The minimum absolute atomic E-state index is 0.213. The second-order valence-electron chi connectivity index (χ2n) is 5.16. The average molecular weight is 336 g/mol. The highest BCUT2D eigenvalue weighted by molar-refractivity contribution is 7.92. The van der Waals surface area contributed by atoms with E-state index in [-0.39, 0.29) is 6.54 Å². The van der Waals surface area contributed by atoms with Gasteiger partial charge in [-0.3, -0.25) is 14.6 Å². The molecule has 0 spiro atoms. The average Bonchev–Trinajstić information content (AvgIpc) is 2.45. The summed E-state index contributed by atoms with van der Waals surface area (Å²) in [6.07, 6.45) is 1.62. The maximum absolute atomic E-state index is 12.0. The molecule has 2 rings (SSSR count). The molecule has 0 radical (unpaired) electrons. The summed E-state index contributed by atoms with van der Waals surface area (Å²) in [6.45, 7) is 0.213. The fourth-order valence-electron chi connectivity index (χ4n) is 2.17. The first-order valence-corrected chi connectivity index (χ1v) is 8.59. The van der Waals surface area contributed by atoms with Gasteiger partial charge in [-0.2, -0.15) is 0 Å². The van der Waals surface area contributed by atoms with Crippen molar-refractivity contribution in [3.63, 3.8) is 0 Å². The molecule has 0 aliphatic carbocycles. The summed E-state index contributed by atoms with van der Waals surface area (Å²) in [6, 6.07) is 9.19. The number of amides is 1. The number of carboxylic acid groups (broad SMARTS) is 1. The molecule has 1 amide bonds. The van der Waals surface area contributed by atoms with E-state index in [0.29, 0.717) is 0 Å². The van der Waals surface area contributed by atoms with Crippen LogP contribution in [0.15, 0.2) is 36.5 Å². The number of hydrogen-bond donors (Lipinski definition) is 1. The summed E-state index contributed by atoms with van der Waals surface area (Å²) in [5.41, 5.74) is 1.62. The Labute approximate surface area is 133 Å². The lowest BCUT2D eigenvalue weighted by atomic mass is 10.1. The van der Waals surface area contributed by atoms with E-state index in [1.807, 2.05) is 24.3 Å². The molecule has 7 nitrogen and oxygen atoms in total. The quantitative estimate of drug-likeness (QED) is 0.832. The molecule has 8 heteroatoms. The van der Waals surface area contributed by atoms with Crippen LogP contribution in [0.3, 0.4) is 0 Å². The fraction of sp³-hybridized carbons (Fsp3) is 0.267. The van der Waals surface area contributed by atoms with Crippen molar-refractivity contribution in [1.29, 1.82) is 0 Å². The second kappa shape index (κ2) is 6.74. The van der Waals surface area contributed by atoms with Crippen molar-refractivity contribution in [3.05, 3.63) is 42.1 Å². The Kier molecular flexibility index (Phi) is 4.95. The highest BCUT2D eigenvalue weighted by atomic mass is 32.2. The summed E-state index contributed by atoms with van der Waals surface area (Å²) in [7, 11) is -2.48. The minimum Gasteiger partial charge on any atom is -0.480 e. The van der Waals surface area contributed by atoms with Gasteiger partial charge in [-0.05, 0) is 17.7 Å². The molecule has 0 saturated carbocycles. The Balaban J connectivity index is 2.13. The van der Waals surface area contributed by atoms with Gasteiger partial charge in [0.25, 0.3) is 0 Å². The first-order valence-electron chi connectivity index (χ1n) is 6.77. The maximum Gasteiger partial charge on any atom is 0.318 e. The Morgan fingerprint density at radius 1 is 1.17 bits per heavy atom. The first kappa shape index (κ1) is 16.9. The van der Waals surface area contributed by atoms with Crippen LogP contribution >= 0.6 is 0 Å².